The molecule has 1 aliphatic heterocycles. The Hall–Kier alpha value is -2.35. The van der Waals surface area contributed by atoms with Crippen LogP contribution in [0.25, 0.3) is 11.3 Å². The molecule has 1 saturated heterocycles. The Morgan fingerprint density at radius 3 is 2.33 bits per heavy atom. The molecule has 0 N–H and O–H groups in total. The summed E-state index contributed by atoms with van der Waals surface area (Å²) in [6.45, 7) is 5.92. The van der Waals surface area contributed by atoms with Gasteiger partial charge in [-0.1, -0.05) is 35.8 Å². The molecule has 0 atom stereocenters. The molecule has 6 nitrogen and oxygen atoms in total. The van der Waals surface area contributed by atoms with E-state index in [9.17, 15) is 8.42 Å². The quantitative estimate of drug-likeness (QED) is 0.583. The molecule has 2 aromatic carbocycles. The third-order valence-electron chi connectivity index (χ3n) is 5.41. The predicted molar refractivity (Wildman–Crippen MR) is 118 cm³/mol. The van der Waals surface area contributed by atoms with Crippen molar-refractivity contribution in [3.63, 3.8) is 0 Å². The number of benzene rings is 2. The second-order valence-corrected chi connectivity index (χ2v) is 9.72. The molecule has 0 aliphatic carbocycles. The second kappa shape index (κ2) is 8.41. The molecule has 0 spiro atoms. The second-order valence-electron chi connectivity index (χ2n) is 7.38. The summed E-state index contributed by atoms with van der Waals surface area (Å²) in [5, 5.41) is 4.60. The topological polar surface area (TPSA) is 66.7 Å². The highest BCUT2D eigenvalue weighted by atomic mass is 35.5. The highest BCUT2D eigenvalue weighted by Crippen LogP contribution is 2.29. The normalized spacial score (nSPS) is 15.5. The number of hydrogen-bond donors (Lipinski definition) is 0. The predicted octanol–water partition coefficient (Wildman–Crippen LogP) is 4.38. The van der Waals surface area contributed by atoms with Crippen LogP contribution in [0.3, 0.4) is 0 Å². The standard InChI is InChI=1S/C22H24ClN3O3S/c1-3-17-4-5-18(21-14-16(2)24-29-21)15-22(17)30(27,28)26-12-10-25(11-13-26)20-8-6-19(23)7-9-20/h4-9,14-15H,3,10-13H2,1-2H3. The Labute approximate surface area is 182 Å². The SMILES string of the molecule is CCc1ccc(-c2cc(C)no2)cc1S(=O)(=O)N1CCN(c2ccc(Cl)cc2)CC1. The minimum Gasteiger partial charge on any atom is -0.369 e. The molecule has 0 unspecified atom stereocenters. The molecular formula is C22H24ClN3O3S. The van der Waals surface area contributed by atoms with E-state index in [0.717, 1.165) is 16.9 Å². The lowest BCUT2D eigenvalue weighted by molar-refractivity contribution is 0.384. The van der Waals surface area contributed by atoms with Crippen molar-refractivity contribution in [1.82, 2.24) is 9.46 Å². The number of nitrogens with zero attached hydrogens (tertiary/aromatic N) is 3. The summed E-state index contributed by atoms with van der Waals surface area (Å²) in [5.41, 5.74) is 3.32. The lowest BCUT2D eigenvalue weighted by Crippen LogP contribution is -2.48. The van der Waals surface area contributed by atoms with Gasteiger partial charge in [0.15, 0.2) is 5.76 Å². The third-order valence-corrected chi connectivity index (χ3v) is 7.64. The summed E-state index contributed by atoms with van der Waals surface area (Å²) in [4.78, 5) is 2.52. The Balaban J connectivity index is 1.58. The Morgan fingerprint density at radius 1 is 1.03 bits per heavy atom. The first-order valence-electron chi connectivity index (χ1n) is 9.96. The molecule has 1 fully saturated rings. The molecule has 2 heterocycles. The van der Waals surface area contributed by atoms with Crippen LogP contribution in [0.2, 0.25) is 5.02 Å². The van der Waals surface area contributed by atoms with E-state index in [-0.39, 0.29) is 0 Å². The molecule has 0 amide bonds. The number of hydrogen-bond acceptors (Lipinski definition) is 5. The molecule has 0 saturated carbocycles. The van der Waals surface area contributed by atoms with Gasteiger partial charge in [0.25, 0.3) is 0 Å². The first kappa shape index (κ1) is 20.9. The van der Waals surface area contributed by atoms with E-state index in [4.69, 9.17) is 16.1 Å². The summed E-state index contributed by atoms with van der Waals surface area (Å²) >= 11 is 5.97. The van der Waals surface area contributed by atoms with Crippen LogP contribution in [0, 0.1) is 6.92 Å². The van der Waals surface area contributed by atoms with Crippen LogP contribution in [-0.2, 0) is 16.4 Å². The van der Waals surface area contributed by atoms with Gasteiger partial charge in [-0.2, -0.15) is 4.31 Å². The van der Waals surface area contributed by atoms with E-state index >= 15 is 0 Å². The van der Waals surface area contributed by atoms with Crippen molar-refractivity contribution in [2.45, 2.75) is 25.2 Å². The summed E-state index contributed by atoms with van der Waals surface area (Å²) < 4.78 is 33.9. The molecule has 0 bridgehead atoms. The van der Waals surface area contributed by atoms with Crippen LogP contribution in [0.1, 0.15) is 18.2 Å². The smallest absolute Gasteiger partial charge is 0.243 e. The molecule has 3 aromatic rings. The van der Waals surface area contributed by atoms with E-state index in [1.165, 1.54) is 0 Å². The van der Waals surface area contributed by atoms with Crippen molar-refractivity contribution in [1.29, 1.82) is 0 Å². The summed E-state index contributed by atoms with van der Waals surface area (Å²) in [6.07, 6.45) is 0.634. The Kier molecular flexibility index (Phi) is 5.86. The largest absolute Gasteiger partial charge is 0.369 e. The van der Waals surface area contributed by atoms with Gasteiger partial charge in [-0.05, 0) is 49.2 Å². The number of rotatable bonds is 5. The highest BCUT2D eigenvalue weighted by molar-refractivity contribution is 7.89. The number of piperazine rings is 1. The number of sulfonamides is 1. The van der Waals surface area contributed by atoms with Crippen molar-refractivity contribution in [2.24, 2.45) is 0 Å². The molecule has 8 heteroatoms. The first-order chi connectivity index (χ1) is 14.4. The van der Waals surface area contributed by atoms with E-state index in [0.29, 0.717) is 53.8 Å². The van der Waals surface area contributed by atoms with Gasteiger partial charge in [0.2, 0.25) is 10.0 Å². The zero-order valence-electron chi connectivity index (χ0n) is 17.0. The summed E-state index contributed by atoms with van der Waals surface area (Å²) in [6, 6.07) is 14.9. The van der Waals surface area contributed by atoms with Crippen LogP contribution >= 0.6 is 11.6 Å². The van der Waals surface area contributed by atoms with E-state index in [2.05, 4.69) is 10.1 Å². The van der Waals surface area contributed by atoms with Gasteiger partial charge >= 0.3 is 0 Å². The van der Waals surface area contributed by atoms with Crippen molar-refractivity contribution < 1.29 is 12.9 Å². The van der Waals surface area contributed by atoms with E-state index in [1.807, 2.05) is 56.3 Å². The van der Waals surface area contributed by atoms with Gasteiger partial charge in [0, 0.05) is 48.5 Å². The summed E-state index contributed by atoms with van der Waals surface area (Å²) in [5.74, 6) is 0.569. The number of aryl methyl sites for hydroxylation is 2. The Bertz CT molecular complexity index is 1130. The number of aromatic nitrogens is 1. The zero-order chi connectivity index (χ0) is 21.3. The van der Waals surface area contributed by atoms with Gasteiger partial charge in [-0.3, -0.25) is 0 Å². The maximum atomic E-state index is 13.5. The lowest BCUT2D eigenvalue weighted by Gasteiger charge is -2.35. The van der Waals surface area contributed by atoms with E-state index < -0.39 is 10.0 Å². The van der Waals surface area contributed by atoms with Crippen molar-refractivity contribution in [3.8, 4) is 11.3 Å². The maximum absolute atomic E-state index is 13.5. The highest BCUT2D eigenvalue weighted by Gasteiger charge is 2.30. The van der Waals surface area contributed by atoms with Crippen molar-refractivity contribution >= 4 is 27.3 Å². The van der Waals surface area contributed by atoms with Crippen LogP contribution in [0.15, 0.2) is 57.9 Å². The van der Waals surface area contributed by atoms with Crippen LogP contribution in [0.4, 0.5) is 5.69 Å². The number of anilines is 1. The molecule has 0 radical (unpaired) electrons. The molecule has 158 valence electrons. The molecule has 30 heavy (non-hydrogen) atoms. The van der Waals surface area contributed by atoms with Crippen LogP contribution in [-0.4, -0.2) is 44.1 Å². The van der Waals surface area contributed by atoms with E-state index in [1.54, 1.807) is 10.4 Å². The van der Waals surface area contributed by atoms with Gasteiger partial charge in [0.05, 0.1) is 10.6 Å². The summed E-state index contributed by atoms with van der Waals surface area (Å²) in [7, 11) is -3.62. The lowest BCUT2D eigenvalue weighted by atomic mass is 10.1. The van der Waals surface area contributed by atoms with Crippen molar-refractivity contribution in [2.75, 3.05) is 31.1 Å². The fourth-order valence-corrected chi connectivity index (χ4v) is 5.59. The monoisotopic (exact) mass is 445 g/mol. The minimum absolute atomic E-state index is 0.344. The molecular weight excluding hydrogens is 422 g/mol. The molecule has 1 aromatic heterocycles. The average molecular weight is 446 g/mol. The van der Waals surface area contributed by atoms with Crippen LogP contribution in [0.5, 0.6) is 0 Å². The fourth-order valence-electron chi connectivity index (χ4n) is 3.72. The van der Waals surface area contributed by atoms with Gasteiger partial charge in [-0.25, -0.2) is 8.42 Å². The first-order valence-corrected chi connectivity index (χ1v) is 11.8. The van der Waals surface area contributed by atoms with Gasteiger partial charge in [0.1, 0.15) is 0 Å². The van der Waals surface area contributed by atoms with Crippen LogP contribution < -0.4 is 4.90 Å². The molecule has 4 rings (SSSR count). The Morgan fingerprint density at radius 2 is 1.73 bits per heavy atom. The zero-order valence-corrected chi connectivity index (χ0v) is 18.6. The third kappa shape index (κ3) is 4.10. The fraction of sp³-hybridized carbons (Fsp3) is 0.318. The maximum Gasteiger partial charge on any atom is 0.243 e. The van der Waals surface area contributed by atoms with Gasteiger partial charge < -0.3 is 9.42 Å². The number of halogens is 1. The van der Waals surface area contributed by atoms with Gasteiger partial charge in [-0.15, -0.1) is 0 Å². The average Bonchev–Trinajstić information content (AvgIpc) is 3.20. The minimum atomic E-state index is -3.62. The molecule has 1 aliphatic rings. The van der Waals surface area contributed by atoms with Crippen molar-refractivity contribution in [3.05, 3.63) is 64.8 Å².